The number of allylic oxidation sites excluding steroid dienone is 4. The van der Waals surface area contributed by atoms with E-state index in [1.165, 1.54) is 18.5 Å². The molecule has 3 aliphatic heterocycles. The second-order valence-corrected chi connectivity index (χ2v) is 13.8. The molecule has 230 valence electrons. The predicted molar refractivity (Wildman–Crippen MR) is 162 cm³/mol. The average molecular weight is 632 g/mol. The zero-order valence-corrected chi connectivity index (χ0v) is 25.8. The summed E-state index contributed by atoms with van der Waals surface area (Å²) in [4.78, 5) is 22.9. The molecule has 0 aromatic carbocycles. The maximum absolute atomic E-state index is 16.7. The molecule has 3 fully saturated rings. The van der Waals surface area contributed by atoms with Crippen molar-refractivity contribution in [1.82, 2.24) is 25.8 Å². The van der Waals surface area contributed by atoms with Crippen LogP contribution in [0.1, 0.15) is 69.9 Å². The third-order valence-electron chi connectivity index (χ3n) is 9.88. The number of nitrogens with zero attached hydrogens (tertiary/aromatic N) is 3. The molecule has 9 nitrogen and oxygen atoms in total. The van der Waals surface area contributed by atoms with E-state index in [1.807, 2.05) is 6.07 Å². The summed E-state index contributed by atoms with van der Waals surface area (Å²) < 4.78 is 27.5. The predicted octanol–water partition coefficient (Wildman–Crippen LogP) is 5.91. The van der Waals surface area contributed by atoms with Crippen LogP contribution < -0.4 is 16.0 Å². The Hall–Kier alpha value is -2.79. The molecule has 12 heteroatoms. The van der Waals surface area contributed by atoms with Crippen molar-refractivity contribution in [2.45, 2.75) is 81.5 Å². The maximum Gasteiger partial charge on any atom is 0.238 e. The molecule has 0 radical (unpaired) electrons. The molecule has 2 aromatic heterocycles. The van der Waals surface area contributed by atoms with Crippen molar-refractivity contribution in [2.75, 3.05) is 18.5 Å². The van der Waals surface area contributed by atoms with Crippen LogP contribution in [0, 0.1) is 11.3 Å². The number of amides is 1. The molecular formula is C31H37Cl2FN6O3. The number of aromatic nitrogens is 3. The number of rotatable bonds is 6. The van der Waals surface area contributed by atoms with Gasteiger partial charge in [-0.15, -0.1) is 0 Å². The van der Waals surface area contributed by atoms with Crippen LogP contribution in [0.2, 0.25) is 5.15 Å². The van der Waals surface area contributed by atoms with Crippen LogP contribution in [0.25, 0.3) is 0 Å². The van der Waals surface area contributed by atoms with Crippen LogP contribution in [-0.4, -0.2) is 51.8 Å². The fourth-order valence-corrected chi connectivity index (χ4v) is 7.85. The van der Waals surface area contributed by atoms with Gasteiger partial charge in [-0.1, -0.05) is 60.9 Å². The summed E-state index contributed by atoms with van der Waals surface area (Å²) in [7, 11) is 0. The highest BCUT2D eigenvalue weighted by Crippen LogP contribution is 2.61. The lowest BCUT2D eigenvalue weighted by Gasteiger charge is -2.51. The highest BCUT2D eigenvalue weighted by molar-refractivity contribution is 6.30. The van der Waals surface area contributed by atoms with Gasteiger partial charge in [0.25, 0.3) is 0 Å². The molecular weight excluding hydrogens is 594 g/mol. The normalized spacial score (nSPS) is 31.3. The first-order chi connectivity index (χ1) is 20.5. The average Bonchev–Trinajstić information content (AvgIpc) is 3.69. The molecule has 2 saturated heterocycles. The van der Waals surface area contributed by atoms with Crippen LogP contribution in [-0.2, 0) is 14.9 Å². The van der Waals surface area contributed by atoms with Crippen LogP contribution >= 0.6 is 23.2 Å². The van der Waals surface area contributed by atoms with Crippen molar-refractivity contribution in [3.05, 3.63) is 70.7 Å². The number of anilines is 1. The molecule has 2 aromatic rings. The van der Waals surface area contributed by atoms with Gasteiger partial charge in [0.1, 0.15) is 22.9 Å². The van der Waals surface area contributed by atoms with Crippen LogP contribution in [0.15, 0.2) is 58.7 Å². The van der Waals surface area contributed by atoms with E-state index in [4.69, 9.17) is 32.5 Å². The first-order valence-electron chi connectivity index (χ1n) is 14.8. The molecule has 1 aliphatic carbocycles. The number of carbonyl (C=O) groups is 1. The minimum atomic E-state index is -0.844. The summed E-state index contributed by atoms with van der Waals surface area (Å²) in [6.07, 6.45) is 10.2. The third kappa shape index (κ3) is 5.52. The Morgan fingerprint density at radius 1 is 1.23 bits per heavy atom. The standard InChI is InChI=1S/C31H37Cl2FN6O3/c1-18(32)5-4-6-21(34)24-25(28(41)37-19-7-9-22(42-15-19)27-36-17-43-40-27)39-30(13-11-29(2,3)12-14-30)31(24)16-35-26-20(31)8-10-23(33)38-26/h4-6,8,10,17,19,22,24-25,39H,1,7,9,11-16H2,2-3H3,(H,35,38)(H,37,41)/b5-4-,21-6-/t19-,22+,24+,25-,31-/m1/s1. The van der Waals surface area contributed by atoms with Gasteiger partial charge < -0.3 is 19.9 Å². The van der Waals surface area contributed by atoms with Gasteiger partial charge in [-0.25, -0.2) is 9.37 Å². The van der Waals surface area contributed by atoms with E-state index in [9.17, 15) is 4.79 Å². The number of hydrogen-bond donors (Lipinski definition) is 3. The Morgan fingerprint density at radius 3 is 2.70 bits per heavy atom. The molecule has 6 rings (SSSR count). The summed E-state index contributed by atoms with van der Waals surface area (Å²) >= 11 is 12.2. The van der Waals surface area contributed by atoms with Gasteiger partial charge in [0, 0.05) is 34.0 Å². The fourth-order valence-electron chi connectivity index (χ4n) is 7.63. The smallest absolute Gasteiger partial charge is 0.238 e. The van der Waals surface area contributed by atoms with E-state index in [2.05, 4.69) is 51.5 Å². The number of ether oxygens (including phenoxy) is 1. The summed E-state index contributed by atoms with van der Waals surface area (Å²) in [6.45, 7) is 8.90. The first kappa shape index (κ1) is 30.2. The molecule has 43 heavy (non-hydrogen) atoms. The molecule has 5 heterocycles. The van der Waals surface area contributed by atoms with Crippen LogP contribution in [0.4, 0.5) is 10.2 Å². The lowest BCUT2D eigenvalue weighted by atomic mass is 9.54. The Balaban J connectivity index is 1.36. The van der Waals surface area contributed by atoms with Gasteiger partial charge in [0.05, 0.1) is 18.7 Å². The number of fused-ring (bicyclic) bond motifs is 3. The van der Waals surface area contributed by atoms with Gasteiger partial charge in [-0.2, -0.15) is 4.98 Å². The number of pyridine rings is 1. The van der Waals surface area contributed by atoms with Crippen molar-refractivity contribution < 1.29 is 18.4 Å². The maximum atomic E-state index is 16.7. The number of hydrogen-bond acceptors (Lipinski definition) is 8. The lowest BCUT2D eigenvalue weighted by molar-refractivity contribution is -0.126. The Labute approximate surface area is 260 Å². The van der Waals surface area contributed by atoms with E-state index in [0.29, 0.717) is 42.8 Å². The number of nitrogens with one attached hydrogen (secondary N) is 3. The van der Waals surface area contributed by atoms with Crippen LogP contribution in [0.5, 0.6) is 0 Å². The van der Waals surface area contributed by atoms with Crippen molar-refractivity contribution in [2.24, 2.45) is 11.3 Å². The molecule has 4 aliphatic rings. The van der Waals surface area contributed by atoms with Crippen molar-refractivity contribution in [3.63, 3.8) is 0 Å². The molecule has 3 N–H and O–H groups in total. The second kappa shape index (κ2) is 11.6. The summed E-state index contributed by atoms with van der Waals surface area (Å²) in [5.41, 5.74) is -0.329. The van der Waals surface area contributed by atoms with Gasteiger partial charge in [0.15, 0.2) is 5.82 Å². The van der Waals surface area contributed by atoms with Crippen LogP contribution in [0.3, 0.4) is 0 Å². The quantitative estimate of drug-likeness (QED) is 0.267. The summed E-state index contributed by atoms with van der Waals surface area (Å²) in [5.74, 6) is -0.370. The van der Waals surface area contributed by atoms with E-state index in [1.54, 1.807) is 12.1 Å². The second-order valence-electron chi connectivity index (χ2n) is 13.0. The Morgan fingerprint density at radius 2 is 2.02 bits per heavy atom. The number of carbonyl (C=O) groups excluding carboxylic acids is 1. The molecule has 1 amide bonds. The van der Waals surface area contributed by atoms with Gasteiger partial charge in [-0.3, -0.25) is 10.1 Å². The minimum Gasteiger partial charge on any atom is -0.369 e. The molecule has 2 spiro atoms. The topological polar surface area (TPSA) is 114 Å². The minimum absolute atomic E-state index is 0.142. The zero-order chi connectivity index (χ0) is 30.4. The van der Waals surface area contributed by atoms with E-state index >= 15 is 4.39 Å². The number of halogens is 3. The highest BCUT2D eigenvalue weighted by atomic mass is 35.5. The van der Waals surface area contributed by atoms with E-state index in [-0.39, 0.29) is 28.5 Å². The Bertz CT molecular complexity index is 1430. The van der Waals surface area contributed by atoms with Gasteiger partial charge in [-0.05, 0) is 62.2 Å². The summed E-state index contributed by atoms with van der Waals surface area (Å²) in [5, 5.41) is 14.9. The lowest BCUT2D eigenvalue weighted by Crippen LogP contribution is -2.60. The van der Waals surface area contributed by atoms with Gasteiger partial charge >= 0.3 is 0 Å². The van der Waals surface area contributed by atoms with Crippen molar-refractivity contribution >= 4 is 34.9 Å². The van der Waals surface area contributed by atoms with Crippen molar-refractivity contribution in [1.29, 1.82) is 0 Å². The molecule has 1 saturated carbocycles. The van der Waals surface area contributed by atoms with Gasteiger partial charge in [0.2, 0.25) is 12.3 Å². The first-order valence-corrected chi connectivity index (χ1v) is 15.5. The third-order valence-corrected chi connectivity index (χ3v) is 10.2. The molecule has 0 bridgehead atoms. The van der Waals surface area contributed by atoms with E-state index in [0.717, 1.165) is 31.2 Å². The Kier molecular flexibility index (Phi) is 8.17. The largest absolute Gasteiger partial charge is 0.369 e. The highest BCUT2D eigenvalue weighted by Gasteiger charge is 2.69. The SMILES string of the molecule is C=C(Cl)/C=C\C=C(/F)[C@H]1[C@H](C(=O)N[C@@H]2CC[C@@H](c3ncon3)OC2)NC2(CCC(C)(C)CC2)[C@@]12CNc1nc(Cl)ccc12. The summed E-state index contributed by atoms with van der Waals surface area (Å²) in [6, 6.07) is 2.61. The molecule has 0 unspecified atom stereocenters. The zero-order valence-electron chi connectivity index (χ0n) is 24.3. The van der Waals surface area contributed by atoms with Crippen molar-refractivity contribution in [3.8, 4) is 0 Å². The monoisotopic (exact) mass is 630 g/mol. The van der Waals surface area contributed by atoms with E-state index < -0.39 is 28.7 Å². The fraction of sp³-hybridized carbons (Fsp3) is 0.548. The molecule has 5 atom stereocenters.